The van der Waals surface area contributed by atoms with Crippen molar-refractivity contribution in [2.75, 3.05) is 51.2 Å². The fraction of sp³-hybridized carbons (Fsp3) is 0.600. The fourth-order valence-corrected chi connectivity index (χ4v) is 3.21. The largest absolute Gasteiger partial charge is 0.444 e. The Morgan fingerprint density at radius 2 is 1.85 bits per heavy atom. The van der Waals surface area contributed by atoms with Gasteiger partial charge in [-0.05, 0) is 51.9 Å². The smallest absolute Gasteiger partial charge is 0.410 e. The Morgan fingerprint density at radius 3 is 2.46 bits per heavy atom. The minimum Gasteiger partial charge on any atom is -0.444 e. The Morgan fingerprint density at radius 1 is 1.12 bits per heavy atom. The van der Waals surface area contributed by atoms with Crippen molar-refractivity contribution in [2.24, 2.45) is 0 Å². The summed E-state index contributed by atoms with van der Waals surface area (Å²) in [5, 5.41) is 0. The van der Waals surface area contributed by atoms with Crippen LogP contribution in [0.5, 0.6) is 0 Å². The van der Waals surface area contributed by atoms with Gasteiger partial charge in [-0.2, -0.15) is 0 Å². The average molecular weight is 358 g/mol. The maximum Gasteiger partial charge on any atom is 0.410 e. The van der Waals surface area contributed by atoms with Crippen LogP contribution in [0.1, 0.15) is 32.9 Å². The molecule has 0 saturated carbocycles. The van der Waals surface area contributed by atoms with Gasteiger partial charge in [-0.15, -0.1) is 0 Å². The highest BCUT2D eigenvalue weighted by atomic mass is 16.6. The van der Waals surface area contributed by atoms with E-state index >= 15 is 0 Å². The second-order valence-corrected chi connectivity index (χ2v) is 8.08. The van der Waals surface area contributed by atoms with Gasteiger partial charge in [0.1, 0.15) is 11.4 Å². The van der Waals surface area contributed by atoms with Crippen LogP contribution in [0.2, 0.25) is 0 Å². The van der Waals surface area contributed by atoms with E-state index in [9.17, 15) is 4.79 Å². The Kier molecular flexibility index (Phi) is 5.51. The highest BCUT2D eigenvalue weighted by Crippen LogP contribution is 2.24. The molecule has 142 valence electrons. The third kappa shape index (κ3) is 4.75. The van der Waals surface area contributed by atoms with Crippen LogP contribution in [-0.4, -0.2) is 72.8 Å². The van der Waals surface area contributed by atoms with E-state index in [0.29, 0.717) is 13.1 Å². The first-order valence-electron chi connectivity index (χ1n) is 9.40. The molecular formula is C20H30N4O2. The van der Waals surface area contributed by atoms with Gasteiger partial charge in [-0.25, -0.2) is 9.78 Å². The molecule has 1 saturated heterocycles. The molecule has 2 aliphatic rings. The van der Waals surface area contributed by atoms with Gasteiger partial charge in [0.05, 0.1) is 5.69 Å². The number of pyridine rings is 1. The van der Waals surface area contributed by atoms with Gasteiger partial charge in [0.15, 0.2) is 0 Å². The lowest BCUT2D eigenvalue weighted by molar-refractivity contribution is 0.0270. The lowest BCUT2D eigenvalue weighted by Crippen LogP contribution is -2.44. The molecule has 26 heavy (non-hydrogen) atoms. The first kappa shape index (κ1) is 18.7. The van der Waals surface area contributed by atoms with Crippen LogP contribution in [0, 0.1) is 0 Å². The number of anilines is 1. The molecule has 0 atom stereocenters. The van der Waals surface area contributed by atoms with E-state index in [4.69, 9.17) is 9.72 Å². The zero-order valence-corrected chi connectivity index (χ0v) is 16.4. The van der Waals surface area contributed by atoms with Crippen molar-refractivity contribution < 1.29 is 9.53 Å². The molecule has 6 nitrogen and oxygen atoms in total. The van der Waals surface area contributed by atoms with Crippen molar-refractivity contribution in [3.05, 3.63) is 30.0 Å². The Bertz CT molecular complexity index is 673. The van der Waals surface area contributed by atoms with Crippen LogP contribution in [0.3, 0.4) is 0 Å². The molecule has 2 aliphatic heterocycles. The maximum absolute atomic E-state index is 12.2. The third-order valence-electron chi connectivity index (χ3n) is 4.75. The van der Waals surface area contributed by atoms with Gasteiger partial charge in [0.2, 0.25) is 0 Å². The zero-order chi connectivity index (χ0) is 18.7. The van der Waals surface area contributed by atoms with Crippen LogP contribution in [0.4, 0.5) is 10.6 Å². The van der Waals surface area contributed by atoms with Crippen molar-refractivity contribution in [3.63, 3.8) is 0 Å². The molecule has 0 unspecified atom stereocenters. The SMILES string of the molecule is CN1CCN(c2cccc(C3=CCN(C(=O)OC(C)(C)C)CC3)n2)CC1. The molecule has 0 aromatic carbocycles. The summed E-state index contributed by atoms with van der Waals surface area (Å²) in [5.41, 5.74) is 1.77. The van der Waals surface area contributed by atoms with E-state index in [1.165, 1.54) is 5.57 Å². The monoisotopic (exact) mass is 358 g/mol. The van der Waals surface area contributed by atoms with Gasteiger partial charge < -0.3 is 19.4 Å². The predicted molar refractivity (Wildman–Crippen MR) is 104 cm³/mol. The number of nitrogens with zero attached hydrogens (tertiary/aromatic N) is 4. The van der Waals surface area contributed by atoms with E-state index in [2.05, 4.69) is 41.1 Å². The molecule has 0 spiro atoms. The highest BCUT2D eigenvalue weighted by Gasteiger charge is 2.24. The van der Waals surface area contributed by atoms with Gasteiger partial charge in [0.25, 0.3) is 0 Å². The van der Waals surface area contributed by atoms with Crippen molar-refractivity contribution in [1.82, 2.24) is 14.8 Å². The summed E-state index contributed by atoms with van der Waals surface area (Å²) in [6.07, 6.45) is 2.66. The van der Waals surface area contributed by atoms with Crippen LogP contribution < -0.4 is 4.90 Å². The van der Waals surface area contributed by atoms with Gasteiger partial charge >= 0.3 is 6.09 Å². The topological polar surface area (TPSA) is 48.9 Å². The molecule has 0 aliphatic carbocycles. The van der Waals surface area contributed by atoms with Crippen LogP contribution in [0.25, 0.3) is 5.57 Å². The first-order valence-corrected chi connectivity index (χ1v) is 9.40. The zero-order valence-electron chi connectivity index (χ0n) is 16.4. The highest BCUT2D eigenvalue weighted by molar-refractivity contribution is 5.72. The van der Waals surface area contributed by atoms with E-state index in [1.807, 2.05) is 20.8 Å². The standard InChI is InChI=1S/C20H30N4O2/c1-20(2,3)26-19(25)24-10-8-16(9-11-24)17-6-5-7-18(21-17)23-14-12-22(4)13-15-23/h5-8H,9-15H2,1-4H3. The molecule has 0 N–H and O–H groups in total. The number of amides is 1. The molecular weight excluding hydrogens is 328 g/mol. The molecule has 1 fully saturated rings. The van der Waals surface area contributed by atoms with Crippen molar-refractivity contribution >= 4 is 17.5 Å². The minimum atomic E-state index is -0.459. The Balaban J connectivity index is 1.65. The van der Waals surface area contributed by atoms with Gasteiger partial charge in [-0.3, -0.25) is 0 Å². The summed E-state index contributed by atoms with van der Waals surface area (Å²) in [6, 6.07) is 6.23. The van der Waals surface area contributed by atoms with Crippen molar-refractivity contribution in [2.45, 2.75) is 32.8 Å². The maximum atomic E-state index is 12.2. The van der Waals surface area contributed by atoms with E-state index in [-0.39, 0.29) is 6.09 Å². The lowest BCUT2D eigenvalue weighted by atomic mass is 10.0. The van der Waals surface area contributed by atoms with Gasteiger partial charge in [0, 0.05) is 39.3 Å². The number of piperazine rings is 1. The summed E-state index contributed by atoms with van der Waals surface area (Å²) in [4.78, 5) is 23.5. The molecule has 1 aromatic rings. The van der Waals surface area contributed by atoms with Crippen LogP contribution in [0.15, 0.2) is 24.3 Å². The fourth-order valence-electron chi connectivity index (χ4n) is 3.21. The van der Waals surface area contributed by atoms with Crippen molar-refractivity contribution in [1.29, 1.82) is 0 Å². The lowest BCUT2D eigenvalue weighted by Gasteiger charge is -2.33. The molecule has 3 rings (SSSR count). The molecule has 1 aromatic heterocycles. The normalized spacial score (nSPS) is 19.3. The molecule has 0 bridgehead atoms. The van der Waals surface area contributed by atoms with E-state index in [1.54, 1.807) is 4.90 Å². The number of hydrogen-bond acceptors (Lipinski definition) is 5. The predicted octanol–water partition coefficient (Wildman–Crippen LogP) is 2.86. The molecule has 6 heteroatoms. The Hall–Kier alpha value is -2.08. The minimum absolute atomic E-state index is 0.244. The Labute approximate surface area is 156 Å². The molecule has 3 heterocycles. The number of rotatable bonds is 2. The number of carbonyl (C=O) groups excluding carboxylic acids is 1. The third-order valence-corrected chi connectivity index (χ3v) is 4.75. The number of carbonyl (C=O) groups is 1. The number of likely N-dealkylation sites (N-methyl/N-ethyl adjacent to an activating group) is 1. The summed E-state index contributed by atoms with van der Waals surface area (Å²) in [6.45, 7) is 11.1. The van der Waals surface area contributed by atoms with Crippen LogP contribution in [-0.2, 0) is 4.74 Å². The number of hydrogen-bond donors (Lipinski definition) is 0. The summed E-state index contributed by atoms with van der Waals surface area (Å²) in [5.74, 6) is 1.05. The second-order valence-electron chi connectivity index (χ2n) is 8.08. The van der Waals surface area contributed by atoms with Crippen LogP contribution >= 0.6 is 0 Å². The van der Waals surface area contributed by atoms with Gasteiger partial charge in [-0.1, -0.05) is 12.1 Å². The molecule has 0 radical (unpaired) electrons. The number of aromatic nitrogens is 1. The van der Waals surface area contributed by atoms with E-state index < -0.39 is 5.60 Å². The molecule has 1 amide bonds. The van der Waals surface area contributed by atoms with E-state index in [0.717, 1.165) is 44.1 Å². The summed E-state index contributed by atoms with van der Waals surface area (Å²) in [7, 11) is 2.16. The quantitative estimate of drug-likeness (QED) is 0.814. The summed E-state index contributed by atoms with van der Waals surface area (Å²) < 4.78 is 5.46. The second kappa shape index (κ2) is 7.66. The summed E-state index contributed by atoms with van der Waals surface area (Å²) >= 11 is 0. The van der Waals surface area contributed by atoms with Crippen molar-refractivity contribution in [3.8, 4) is 0 Å². The number of ether oxygens (including phenoxy) is 1. The average Bonchev–Trinajstić information content (AvgIpc) is 2.61. The first-order chi connectivity index (χ1) is 12.3.